The molecule has 20 heavy (non-hydrogen) atoms. The van der Waals surface area contributed by atoms with Crippen LogP contribution in [-0.2, 0) is 14.3 Å². The van der Waals surface area contributed by atoms with Crippen LogP contribution in [0.4, 0.5) is 0 Å². The lowest BCUT2D eigenvalue weighted by molar-refractivity contribution is -0.134. The summed E-state index contributed by atoms with van der Waals surface area (Å²) in [5.74, 6) is -1.08. The number of amides is 1. The van der Waals surface area contributed by atoms with E-state index in [1.807, 2.05) is 20.8 Å². The normalized spacial score (nSPS) is 26.2. The van der Waals surface area contributed by atoms with Gasteiger partial charge in [0, 0.05) is 18.9 Å². The van der Waals surface area contributed by atoms with E-state index in [0.29, 0.717) is 12.0 Å². The van der Waals surface area contributed by atoms with Gasteiger partial charge in [0.2, 0.25) is 5.91 Å². The highest BCUT2D eigenvalue weighted by molar-refractivity contribution is 5.87. The number of aliphatic carboxylic acids is 1. The number of hydrogen-bond donors (Lipinski definition) is 2. The van der Waals surface area contributed by atoms with Crippen molar-refractivity contribution in [3.8, 4) is 0 Å². The van der Waals surface area contributed by atoms with Gasteiger partial charge >= 0.3 is 5.97 Å². The van der Waals surface area contributed by atoms with E-state index < -0.39 is 5.97 Å². The molecule has 5 nitrogen and oxygen atoms in total. The molecule has 0 heterocycles. The van der Waals surface area contributed by atoms with Crippen LogP contribution in [0.1, 0.15) is 47.0 Å². The second-order valence-corrected chi connectivity index (χ2v) is 5.40. The molecule has 2 N–H and O–H groups in total. The molecule has 0 fully saturated rings. The Morgan fingerprint density at radius 2 is 2.05 bits per heavy atom. The summed E-state index contributed by atoms with van der Waals surface area (Å²) in [4.78, 5) is 22.5. The minimum Gasteiger partial charge on any atom is -0.478 e. The number of carboxylic acid groups (broad SMARTS) is 1. The maximum atomic E-state index is 11.3. The standard InChI is InChI=1S/C15H25NO4/c1-5-12(6-2)20-13-8-11(15(18)19)7-9(3)14(13)16-10(4)17/h7,9,12-14H,5-6,8H2,1-4H3,(H,16,17)(H,18,19). The average molecular weight is 283 g/mol. The maximum Gasteiger partial charge on any atom is 0.331 e. The zero-order valence-corrected chi connectivity index (χ0v) is 12.7. The first-order valence-electron chi connectivity index (χ1n) is 7.25. The third-order valence-corrected chi connectivity index (χ3v) is 3.77. The van der Waals surface area contributed by atoms with E-state index in [0.717, 1.165) is 12.8 Å². The Labute approximate surface area is 120 Å². The number of rotatable bonds is 6. The van der Waals surface area contributed by atoms with Crippen LogP contribution in [0.3, 0.4) is 0 Å². The van der Waals surface area contributed by atoms with Crippen molar-refractivity contribution in [1.29, 1.82) is 0 Å². The minimum atomic E-state index is -0.906. The predicted octanol–water partition coefficient (Wildman–Crippen LogP) is 2.12. The van der Waals surface area contributed by atoms with Crippen LogP contribution in [-0.4, -0.2) is 35.2 Å². The van der Waals surface area contributed by atoms with Crippen LogP contribution < -0.4 is 5.32 Å². The third-order valence-electron chi connectivity index (χ3n) is 3.77. The first kappa shape index (κ1) is 16.7. The fourth-order valence-corrected chi connectivity index (χ4v) is 2.65. The van der Waals surface area contributed by atoms with Crippen molar-refractivity contribution in [3.63, 3.8) is 0 Å². The fourth-order valence-electron chi connectivity index (χ4n) is 2.65. The predicted molar refractivity (Wildman–Crippen MR) is 76.3 cm³/mol. The van der Waals surface area contributed by atoms with E-state index >= 15 is 0 Å². The summed E-state index contributed by atoms with van der Waals surface area (Å²) in [6.45, 7) is 7.47. The van der Waals surface area contributed by atoms with Gasteiger partial charge in [0.1, 0.15) is 0 Å². The average Bonchev–Trinajstić information content (AvgIpc) is 2.38. The summed E-state index contributed by atoms with van der Waals surface area (Å²) >= 11 is 0. The molecule has 1 amide bonds. The van der Waals surface area contributed by atoms with Crippen LogP contribution in [0.2, 0.25) is 0 Å². The lowest BCUT2D eigenvalue weighted by Crippen LogP contribution is -2.50. The van der Waals surface area contributed by atoms with E-state index in [9.17, 15) is 14.7 Å². The van der Waals surface area contributed by atoms with Gasteiger partial charge in [-0.25, -0.2) is 4.79 Å². The summed E-state index contributed by atoms with van der Waals surface area (Å²) in [6.07, 6.45) is 3.61. The fraction of sp³-hybridized carbons (Fsp3) is 0.733. The van der Waals surface area contributed by atoms with Gasteiger partial charge in [0.25, 0.3) is 0 Å². The van der Waals surface area contributed by atoms with Crippen molar-refractivity contribution in [2.75, 3.05) is 0 Å². The van der Waals surface area contributed by atoms with Crippen LogP contribution in [0.5, 0.6) is 0 Å². The molecular weight excluding hydrogens is 258 g/mol. The summed E-state index contributed by atoms with van der Waals surface area (Å²) in [5, 5.41) is 12.1. The van der Waals surface area contributed by atoms with Gasteiger partial charge in [-0.3, -0.25) is 4.79 Å². The number of ether oxygens (including phenoxy) is 1. The van der Waals surface area contributed by atoms with Crippen molar-refractivity contribution in [2.24, 2.45) is 5.92 Å². The summed E-state index contributed by atoms with van der Waals surface area (Å²) in [5.41, 5.74) is 0.370. The Morgan fingerprint density at radius 1 is 1.45 bits per heavy atom. The van der Waals surface area contributed by atoms with Crippen molar-refractivity contribution in [2.45, 2.75) is 65.2 Å². The van der Waals surface area contributed by atoms with Crippen LogP contribution in [0, 0.1) is 5.92 Å². The third kappa shape index (κ3) is 4.34. The summed E-state index contributed by atoms with van der Waals surface area (Å²) in [7, 11) is 0. The SMILES string of the molecule is CCC(CC)OC1CC(C(=O)O)=CC(C)C1NC(C)=O. The topological polar surface area (TPSA) is 75.6 Å². The van der Waals surface area contributed by atoms with Gasteiger partial charge in [0.15, 0.2) is 0 Å². The summed E-state index contributed by atoms with van der Waals surface area (Å²) in [6, 6.07) is -0.170. The van der Waals surface area contributed by atoms with E-state index in [1.165, 1.54) is 6.92 Å². The van der Waals surface area contributed by atoms with E-state index in [1.54, 1.807) is 6.08 Å². The minimum absolute atomic E-state index is 0.0573. The second kappa shape index (κ2) is 7.43. The van der Waals surface area contributed by atoms with Gasteiger partial charge < -0.3 is 15.2 Å². The highest BCUT2D eigenvalue weighted by Gasteiger charge is 2.35. The molecule has 114 valence electrons. The highest BCUT2D eigenvalue weighted by atomic mass is 16.5. The highest BCUT2D eigenvalue weighted by Crippen LogP contribution is 2.28. The van der Waals surface area contributed by atoms with Gasteiger partial charge in [0.05, 0.1) is 18.2 Å². The number of carbonyl (C=O) groups is 2. The van der Waals surface area contributed by atoms with Crippen LogP contribution >= 0.6 is 0 Å². The lowest BCUT2D eigenvalue weighted by Gasteiger charge is -2.37. The zero-order chi connectivity index (χ0) is 15.3. The van der Waals surface area contributed by atoms with Gasteiger partial charge in [-0.1, -0.05) is 26.8 Å². The molecule has 3 atom stereocenters. The van der Waals surface area contributed by atoms with Gasteiger partial charge in [-0.15, -0.1) is 0 Å². The molecule has 0 saturated carbocycles. The molecule has 0 bridgehead atoms. The van der Waals surface area contributed by atoms with Crippen molar-refractivity contribution >= 4 is 11.9 Å². The number of carbonyl (C=O) groups excluding carboxylic acids is 1. The molecule has 1 aliphatic carbocycles. The van der Waals surface area contributed by atoms with Crippen molar-refractivity contribution < 1.29 is 19.4 Å². The Balaban J connectivity index is 2.92. The van der Waals surface area contributed by atoms with Crippen LogP contribution in [0.15, 0.2) is 11.6 Å². The maximum absolute atomic E-state index is 11.3. The quantitative estimate of drug-likeness (QED) is 0.783. The number of carboxylic acids is 1. The molecule has 0 aromatic carbocycles. The molecule has 0 aliphatic heterocycles. The van der Waals surface area contributed by atoms with Crippen molar-refractivity contribution in [1.82, 2.24) is 5.32 Å². The first-order valence-corrected chi connectivity index (χ1v) is 7.25. The number of hydrogen-bond acceptors (Lipinski definition) is 3. The Bertz CT molecular complexity index is 387. The molecule has 0 saturated heterocycles. The molecule has 0 radical (unpaired) electrons. The van der Waals surface area contributed by atoms with Crippen molar-refractivity contribution in [3.05, 3.63) is 11.6 Å². The molecule has 5 heteroatoms. The smallest absolute Gasteiger partial charge is 0.331 e. The monoisotopic (exact) mass is 283 g/mol. The number of nitrogens with one attached hydrogen (secondary N) is 1. The Kier molecular flexibility index (Phi) is 6.20. The molecule has 0 aromatic heterocycles. The first-order chi connectivity index (χ1) is 9.38. The molecule has 1 aliphatic rings. The van der Waals surface area contributed by atoms with E-state index in [4.69, 9.17) is 4.74 Å². The molecule has 1 rings (SSSR count). The lowest BCUT2D eigenvalue weighted by atomic mass is 9.84. The van der Waals surface area contributed by atoms with E-state index in [-0.39, 0.29) is 30.1 Å². The van der Waals surface area contributed by atoms with E-state index in [2.05, 4.69) is 5.32 Å². The Morgan fingerprint density at radius 3 is 2.50 bits per heavy atom. The van der Waals surface area contributed by atoms with Crippen LogP contribution in [0.25, 0.3) is 0 Å². The molecular formula is C15H25NO4. The zero-order valence-electron chi connectivity index (χ0n) is 12.7. The molecule has 0 spiro atoms. The van der Waals surface area contributed by atoms with Gasteiger partial charge in [-0.2, -0.15) is 0 Å². The summed E-state index contributed by atoms with van der Waals surface area (Å²) < 4.78 is 6.04. The Hall–Kier alpha value is -1.36. The van der Waals surface area contributed by atoms with Gasteiger partial charge in [-0.05, 0) is 18.8 Å². The molecule has 0 aromatic rings. The largest absolute Gasteiger partial charge is 0.478 e. The molecule has 3 unspecified atom stereocenters. The second-order valence-electron chi connectivity index (χ2n) is 5.40.